The van der Waals surface area contributed by atoms with Gasteiger partial charge in [0.2, 0.25) is 0 Å². The van der Waals surface area contributed by atoms with Crippen LogP contribution in [0.5, 0.6) is 0 Å². The van der Waals surface area contributed by atoms with Crippen LogP contribution in [0.25, 0.3) is 22.5 Å². The molecule has 17 heteroatoms. The highest BCUT2D eigenvalue weighted by Gasteiger charge is 2.47. The average Bonchev–Trinajstić information content (AvgIpc) is 4.15. The maximum absolute atomic E-state index is 13.9. The van der Waals surface area contributed by atoms with Crippen molar-refractivity contribution in [3.63, 3.8) is 0 Å². The van der Waals surface area contributed by atoms with Crippen molar-refractivity contribution in [2.24, 2.45) is 0 Å². The van der Waals surface area contributed by atoms with Gasteiger partial charge in [-0.3, -0.25) is 38.3 Å². The Hall–Kier alpha value is -5.70. The molecule has 10 rings (SSSR count). The highest BCUT2D eigenvalue weighted by Crippen LogP contribution is 2.44. The second-order valence-electron chi connectivity index (χ2n) is 17.4. The monoisotopic (exact) mass is 994 g/mol. The Kier molecular flexibility index (Phi) is 14.3. The fourth-order valence-corrected chi connectivity index (χ4v) is 10.3. The van der Waals surface area contributed by atoms with Crippen molar-refractivity contribution >= 4 is 81.4 Å². The lowest BCUT2D eigenvalue weighted by atomic mass is 10.1. The molecule has 68 heavy (non-hydrogen) atoms. The summed E-state index contributed by atoms with van der Waals surface area (Å²) in [7, 11) is 0. The van der Waals surface area contributed by atoms with Crippen LogP contribution in [0, 0.1) is 0 Å². The molecule has 2 fully saturated rings. The van der Waals surface area contributed by atoms with Gasteiger partial charge >= 0.3 is 0 Å². The van der Waals surface area contributed by atoms with E-state index in [9.17, 15) is 24.3 Å². The number of carbonyl (C=O) groups excluding carboxylic acids is 4. The number of benzene rings is 4. The smallest absolute Gasteiger partial charge is 0.280 e. The molecule has 6 aromatic rings. The molecule has 0 aliphatic carbocycles. The summed E-state index contributed by atoms with van der Waals surface area (Å²) in [5, 5.41) is 21.6. The number of halogens is 4. The number of rotatable bonds is 12. The standard InChI is InChI=1S/C26H26Cl2N4O2.C25H24Cl2N4O3/c1-2-3-14-31-25(33)21-9-6-15-30(21)23-22(19-7-4-5-8-20(19)28)29-32(24(23)26(31)34)16-17-10-12-18(27)13-11-17;26-18-9-7-16(8-10-18)15-31-23-22(21(28-31)17-4-1-5-19(27)14-17)29-11-2-6-20(29)24(33)30(25(23)34)12-3-13-32/h4-5,7-8,10-13,21H,2-3,6,9,14-16H2,1H3;1,4-5,7-10,14,20,32H,2-3,6,11-13,15H2. The maximum Gasteiger partial charge on any atom is 0.280 e. The van der Waals surface area contributed by atoms with Crippen molar-refractivity contribution < 1.29 is 24.3 Å². The number of anilines is 2. The van der Waals surface area contributed by atoms with Gasteiger partial charge in [-0.15, -0.1) is 0 Å². The normalized spacial score (nSPS) is 17.7. The van der Waals surface area contributed by atoms with Gasteiger partial charge in [0.05, 0.1) is 29.5 Å². The molecule has 0 saturated carbocycles. The molecule has 13 nitrogen and oxygen atoms in total. The van der Waals surface area contributed by atoms with E-state index in [-0.39, 0.29) is 36.9 Å². The number of fused-ring (bicyclic) bond motifs is 6. The van der Waals surface area contributed by atoms with E-state index >= 15 is 0 Å². The number of aromatic nitrogens is 4. The van der Waals surface area contributed by atoms with Crippen LogP contribution in [0.4, 0.5) is 11.4 Å². The summed E-state index contributed by atoms with van der Waals surface area (Å²) in [5.41, 5.74) is 6.89. The molecule has 0 radical (unpaired) electrons. The van der Waals surface area contributed by atoms with E-state index in [1.807, 2.05) is 83.8 Å². The highest BCUT2D eigenvalue weighted by molar-refractivity contribution is 6.33. The highest BCUT2D eigenvalue weighted by atomic mass is 35.5. The van der Waals surface area contributed by atoms with E-state index in [0.717, 1.165) is 54.4 Å². The van der Waals surface area contributed by atoms with Crippen LogP contribution in [0.2, 0.25) is 20.1 Å². The number of aliphatic hydroxyl groups excluding tert-OH is 1. The van der Waals surface area contributed by atoms with Gasteiger partial charge in [-0.1, -0.05) is 114 Å². The number of imide groups is 2. The fourth-order valence-electron chi connectivity index (χ4n) is 9.66. The molecule has 4 aliphatic heterocycles. The summed E-state index contributed by atoms with van der Waals surface area (Å²) in [5.74, 6) is -1.02. The topological polar surface area (TPSA) is 137 Å². The van der Waals surface area contributed by atoms with Crippen LogP contribution in [0.15, 0.2) is 97.1 Å². The summed E-state index contributed by atoms with van der Waals surface area (Å²) in [4.78, 5) is 61.6. The quantitative estimate of drug-likeness (QED) is 0.119. The van der Waals surface area contributed by atoms with Crippen molar-refractivity contribution in [3.8, 4) is 22.5 Å². The van der Waals surface area contributed by atoms with Crippen molar-refractivity contribution in [2.45, 2.75) is 77.0 Å². The van der Waals surface area contributed by atoms with Crippen LogP contribution in [-0.2, 0) is 22.7 Å². The number of amides is 4. The molecule has 2 saturated heterocycles. The van der Waals surface area contributed by atoms with Crippen molar-refractivity contribution in [1.29, 1.82) is 0 Å². The number of hydrogen-bond donors (Lipinski definition) is 1. The zero-order chi connectivity index (χ0) is 47.6. The Bertz CT molecular complexity index is 2870. The third-order valence-corrected chi connectivity index (χ3v) is 14.0. The second-order valence-corrected chi connectivity index (χ2v) is 19.1. The minimum absolute atomic E-state index is 0.101. The van der Waals surface area contributed by atoms with Gasteiger partial charge in [-0.05, 0) is 92.1 Å². The predicted octanol–water partition coefficient (Wildman–Crippen LogP) is 9.90. The van der Waals surface area contributed by atoms with Crippen LogP contribution in [0.3, 0.4) is 0 Å². The summed E-state index contributed by atoms with van der Waals surface area (Å²) < 4.78 is 3.41. The van der Waals surface area contributed by atoms with Gasteiger partial charge in [-0.2, -0.15) is 10.2 Å². The molecule has 2 atom stereocenters. The fraction of sp³-hybridized carbons (Fsp3) is 0.333. The number of carbonyl (C=O) groups is 4. The van der Waals surface area contributed by atoms with Gasteiger partial charge in [0.15, 0.2) is 11.4 Å². The Balaban J connectivity index is 0.000000170. The van der Waals surface area contributed by atoms with E-state index in [1.54, 1.807) is 27.6 Å². The lowest BCUT2D eigenvalue weighted by Gasteiger charge is -2.26. The molecule has 4 aromatic carbocycles. The van der Waals surface area contributed by atoms with Gasteiger partial charge in [0.1, 0.15) is 23.5 Å². The van der Waals surface area contributed by atoms with Gasteiger partial charge in [-0.25, -0.2) is 0 Å². The summed E-state index contributed by atoms with van der Waals surface area (Å²) in [6.07, 6.45) is 5.10. The zero-order valence-corrected chi connectivity index (χ0v) is 40.5. The van der Waals surface area contributed by atoms with Crippen molar-refractivity contribution in [3.05, 3.63) is 140 Å². The predicted molar refractivity (Wildman–Crippen MR) is 266 cm³/mol. The first kappa shape index (κ1) is 47.4. The second kappa shape index (κ2) is 20.5. The summed E-state index contributed by atoms with van der Waals surface area (Å²) in [6.45, 7) is 4.60. The summed E-state index contributed by atoms with van der Waals surface area (Å²) >= 11 is 25.0. The molecule has 2 unspecified atom stereocenters. The first-order valence-corrected chi connectivity index (χ1v) is 24.5. The maximum atomic E-state index is 13.9. The molecule has 4 amide bonds. The number of hydrogen-bond acceptors (Lipinski definition) is 9. The number of aliphatic hydroxyl groups is 1. The van der Waals surface area contributed by atoms with E-state index in [1.165, 1.54) is 9.80 Å². The molecule has 1 N–H and O–H groups in total. The molecule has 352 valence electrons. The van der Waals surface area contributed by atoms with Crippen molar-refractivity contribution in [1.82, 2.24) is 29.4 Å². The van der Waals surface area contributed by atoms with E-state index in [2.05, 4.69) is 11.8 Å². The first-order valence-electron chi connectivity index (χ1n) is 23.0. The van der Waals surface area contributed by atoms with E-state index < -0.39 is 11.9 Å². The minimum Gasteiger partial charge on any atom is -0.396 e. The van der Waals surface area contributed by atoms with Gasteiger partial charge in [0.25, 0.3) is 23.6 Å². The summed E-state index contributed by atoms with van der Waals surface area (Å²) in [6, 6.07) is 29.0. The Morgan fingerprint density at radius 1 is 0.603 bits per heavy atom. The van der Waals surface area contributed by atoms with Crippen molar-refractivity contribution in [2.75, 3.05) is 42.6 Å². The zero-order valence-electron chi connectivity index (χ0n) is 37.5. The van der Waals surface area contributed by atoms with Gasteiger partial charge in [0, 0.05) is 59.0 Å². The third-order valence-electron chi connectivity index (χ3n) is 12.9. The molecule has 4 aliphatic rings. The van der Waals surface area contributed by atoms with E-state index in [0.29, 0.717) is 99.8 Å². The molecule has 0 spiro atoms. The molecular formula is C51H50Cl4N8O5. The number of nitrogens with zero attached hydrogens (tertiary/aromatic N) is 8. The Morgan fingerprint density at radius 2 is 1.12 bits per heavy atom. The van der Waals surface area contributed by atoms with E-state index in [4.69, 9.17) is 56.6 Å². The lowest BCUT2D eigenvalue weighted by Crippen LogP contribution is -2.46. The first-order chi connectivity index (χ1) is 33.0. The third kappa shape index (κ3) is 9.26. The number of unbranched alkanes of at least 4 members (excludes halogenated alkanes) is 1. The van der Waals surface area contributed by atoms with Gasteiger partial charge < -0.3 is 14.9 Å². The largest absolute Gasteiger partial charge is 0.396 e. The average molecular weight is 997 g/mol. The SMILES string of the molecule is CCCCN1C(=O)c2c(c(-c3ccccc3Cl)nn2Cc2ccc(Cl)cc2)N2CCCC2C1=O.O=C1c2c(c(-c3cccc(Cl)c3)nn2Cc2ccc(Cl)cc2)N2CCCC2C(=O)N1CCCO. The lowest BCUT2D eigenvalue weighted by molar-refractivity contribution is -0.130. The van der Waals surface area contributed by atoms with Crippen LogP contribution in [0.1, 0.15) is 84.0 Å². The Labute approximate surface area is 414 Å². The Morgan fingerprint density at radius 3 is 1.63 bits per heavy atom. The van der Waals surface area contributed by atoms with Crippen LogP contribution >= 0.6 is 46.4 Å². The van der Waals surface area contributed by atoms with Crippen LogP contribution in [-0.4, -0.2) is 103 Å². The minimum atomic E-state index is -0.435. The molecular weight excluding hydrogens is 946 g/mol. The molecule has 0 bridgehead atoms. The molecule has 6 heterocycles. The van der Waals surface area contributed by atoms with Crippen LogP contribution < -0.4 is 9.80 Å². The molecule has 2 aromatic heterocycles.